The second-order valence-corrected chi connectivity index (χ2v) is 13.2. The quantitative estimate of drug-likeness (QED) is 0.134. The van der Waals surface area contributed by atoms with Crippen molar-refractivity contribution in [1.29, 1.82) is 0 Å². The summed E-state index contributed by atoms with van der Waals surface area (Å²) in [4.78, 5) is 31.1. The lowest BCUT2D eigenvalue weighted by atomic mass is 9.63. The van der Waals surface area contributed by atoms with Crippen LogP contribution in [0, 0.1) is 0 Å². The molecule has 4 nitrogen and oxygen atoms in total. The molecule has 2 aromatic carbocycles. The number of allylic oxidation sites excluding steroid dienone is 1. The van der Waals surface area contributed by atoms with E-state index in [9.17, 15) is 9.59 Å². The average molecular weight is 560 g/mol. The van der Waals surface area contributed by atoms with E-state index in [1.54, 1.807) is 24.3 Å². The third-order valence-electron chi connectivity index (χ3n) is 8.81. The molecule has 0 radical (unpaired) electrons. The largest absolute Gasteiger partial charge is 0.362 e. The van der Waals surface area contributed by atoms with Crippen molar-refractivity contribution in [2.24, 2.45) is 0 Å². The molecule has 4 heteroatoms. The van der Waals surface area contributed by atoms with Crippen LogP contribution >= 0.6 is 0 Å². The molecule has 0 fully saturated rings. The predicted molar refractivity (Wildman–Crippen MR) is 171 cm³/mol. The van der Waals surface area contributed by atoms with Crippen molar-refractivity contribution in [3.05, 3.63) is 76.9 Å². The minimum atomic E-state index is -0.572. The van der Waals surface area contributed by atoms with E-state index in [1.165, 1.54) is 68.9 Å². The molecule has 0 bridgehead atoms. The van der Waals surface area contributed by atoms with Gasteiger partial charge in [-0.3, -0.25) is 4.79 Å². The first kappa shape index (κ1) is 32.6. The maximum absolute atomic E-state index is 13.4. The molecule has 0 heterocycles. The van der Waals surface area contributed by atoms with E-state index in [0.717, 1.165) is 37.7 Å². The molecule has 1 N–H and O–H groups in total. The van der Waals surface area contributed by atoms with Crippen LogP contribution in [0.5, 0.6) is 0 Å². The van der Waals surface area contributed by atoms with E-state index >= 15 is 0 Å². The van der Waals surface area contributed by atoms with Gasteiger partial charge in [-0.15, -0.1) is 0 Å². The van der Waals surface area contributed by atoms with Gasteiger partial charge in [0.2, 0.25) is 0 Å². The number of hydrogen-bond acceptors (Lipinski definition) is 3. The molecule has 41 heavy (non-hydrogen) atoms. The SMILES string of the molecule is CCCCCCCCCCCCCC=C(C(=O)NOC(=O)c1ccccc1)c1ccc2c(c1)C(C)(C)CCC2(C)C. The number of carbonyl (C=O) groups is 2. The normalized spacial score (nSPS) is 15.7. The van der Waals surface area contributed by atoms with Gasteiger partial charge >= 0.3 is 5.97 Å². The van der Waals surface area contributed by atoms with Gasteiger partial charge in [0.05, 0.1) is 5.56 Å². The minimum Gasteiger partial charge on any atom is -0.335 e. The van der Waals surface area contributed by atoms with Crippen molar-refractivity contribution in [3.63, 3.8) is 0 Å². The maximum atomic E-state index is 13.4. The summed E-state index contributed by atoms with van der Waals surface area (Å²) in [7, 11) is 0. The van der Waals surface area contributed by atoms with E-state index in [-0.39, 0.29) is 16.7 Å². The van der Waals surface area contributed by atoms with E-state index in [4.69, 9.17) is 4.84 Å². The van der Waals surface area contributed by atoms with E-state index in [0.29, 0.717) is 11.1 Å². The number of hydroxylamine groups is 1. The second kappa shape index (κ2) is 15.9. The molecule has 2 aromatic rings. The lowest BCUT2D eigenvalue weighted by Crippen LogP contribution is -2.34. The second-order valence-electron chi connectivity index (χ2n) is 13.2. The topological polar surface area (TPSA) is 55.4 Å². The molecular formula is C37H53NO3. The first-order valence-electron chi connectivity index (χ1n) is 16.1. The molecule has 3 rings (SSSR count). The monoisotopic (exact) mass is 559 g/mol. The molecule has 0 atom stereocenters. The van der Waals surface area contributed by atoms with Crippen molar-refractivity contribution < 1.29 is 14.4 Å². The van der Waals surface area contributed by atoms with Gasteiger partial charge in [-0.05, 0) is 65.3 Å². The highest BCUT2D eigenvalue weighted by molar-refractivity contribution is 6.19. The van der Waals surface area contributed by atoms with Gasteiger partial charge in [0.15, 0.2) is 0 Å². The zero-order valence-corrected chi connectivity index (χ0v) is 26.3. The number of benzene rings is 2. The molecule has 1 aliphatic rings. The number of unbranched alkanes of at least 4 members (excludes halogenated alkanes) is 11. The van der Waals surface area contributed by atoms with Crippen LogP contribution in [0.2, 0.25) is 0 Å². The van der Waals surface area contributed by atoms with Crippen LogP contribution in [0.3, 0.4) is 0 Å². The zero-order chi connectivity index (χ0) is 29.7. The summed E-state index contributed by atoms with van der Waals surface area (Å²) in [5.41, 5.74) is 7.10. The molecule has 0 saturated carbocycles. The molecule has 1 aliphatic carbocycles. The fraction of sp³-hybridized carbons (Fsp3) is 0.568. The summed E-state index contributed by atoms with van der Waals surface area (Å²) in [6.07, 6.45) is 19.3. The van der Waals surface area contributed by atoms with Gasteiger partial charge in [0, 0.05) is 5.57 Å². The first-order chi connectivity index (χ1) is 19.7. The molecule has 0 spiro atoms. The zero-order valence-electron chi connectivity index (χ0n) is 26.3. The number of hydrogen-bond donors (Lipinski definition) is 1. The minimum absolute atomic E-state index is 0.0399. The standard InChI is InChI=1S/C37H53NO3/c1-6-7-8-9-10-11-12-13-14-15-16-20-23-31(34(39)38-41-35(40)29-21-18-17-19-22-29)30-24-25-32-33(28-30)37(4,5)27-26-36(32,2)3/h17-19,21-25,28H,6-16,20,26-27H2,1-5H3,(H,38,39). The van der Waals surface area contributed by atoms with Crippen LogP contribution in [-0.4, -0.2) is 11.9 Å². The molecular weight excluding hydrogens is 506 g/mol. The summed E-state index contributed by atoms with van der Waals surface area (Å²) in [5.74, 6) is -0.956. The summed E-state index contributed by atoms with van der Waals surface area (Å²) in [6.45, 7) is 11.5. The summed E-state index contributed by atoms with van der Waals surface area (Å²) < 4.78 is 0. The third-order valence-corrected chi connectivity index (χ3v) is 8.81. The summed E-state index contributed by atoms with van der Waals surface area (Å²) >= 11 is 0. The Bertz CT molecular complexity index is 1150. The number of carbonyl (C=O) groups excluding carboxylic acids is 2. The van der Waals surface area contributed by atoms with Crippen LogP contribution in [0.25, 0.3) is 5.57 Å². The Hall–Kier alpha value is -2.88. The third kappa shape index (κ3) is 9.87. The Balaban J connectivity index is 1.65. The Morgan fingerprint density at radius 3 is 1.90 bits per heavy atom. The lowest BCUT2D eigenvalue weighted by Gasteiger charge is -2.42. The van der Waals surface area contributed by atoms with Crippen LogP contribution in [0.1, 0.15) is 152 Å². The van der Waals surface area contributed by atoms with Gasteiger partial charge < -0.3 is 4.84 Å². The fourth-order valence-corrected chi connectivity index (χ4v) is 5.93. The van der Waals surface area contributed by atoms with Crippen LogP contribution in [0.4, 0.5) is 0 Å². The molecule has 0 aliphatic heterocycles. The lowest BCUT2D eigenvalue weighted by molar-refractivity contribution is -0.124. The average Bonchev–Trinajstić information content (AvgIpc) is 2.97. The number of amides is 1. The number of nitrogens with one attached hydrogen (secondary N) is 1. The van der Waals surface area contributed by atoms with Gasteiger partial charge in [-0.2, -0.15) is 5.48 Å². The van der Waals surface area contributed by atoms with Gasteiger partial charge in [-0.25, -0.2) is 4.79 Å². The maximum Gasteiger partial charge on any atom is 0.362 e. The molecule has 0 aromatic heterocycles. The highest BCUT2D eigenvalue weighted by Gasteiger charge is 2.37. The van der Waals surface area contributed by atoms with E-state index in [2.05, 4.69) is 58.3 Å². The highest BCUT2D eigenvalue weighted by atomic mass is 16.7. The fourth-order valence-electron chi connectivity index (χ4n) is 5.93. The van der Waals surface area contributed by atoms with Gasteiger partial charge in [-0.1, -0.05) is 141 Å². The Labute approximate surface area is 249 Å². The van der Waals surface area contributed by atoms with Crippen molar-refractivity contribution in [2.75, 3.05) is 0 Å². The van der Waals surface area contributed by atoms with Crippen molar-refractivity contribution in [1.82, 2.24) is 5.48 Å². The van der Waals surface area contributed by atoms with Crippen LogP contribution < -0.4 is 5.48 Å². The summed E-state index contributed by atoms with van der Waals surface area (Å²) in [5, 5.41) is 0. The van der Waals surface area contributed by atoms with Crippen LogP contribution in [0.15, 0.2) is 54.6 Å². The molecule has 1 amide bonds. The highest BCUT2D eigenvalue weighted by Crippen LogP contribution is 2.46. The predicted octanol–water partition coefficient (Wildman–Crippen LogP) is 10.0. The Morgan fingerprint density at radius 1 is 0.732 bits per heavy atom. The van der Waals surface area contributed by atoms with Crippen molar-refractivity contribution in [2.45, 2.75) is 135 Å². The summed E-state index contributed by atoms with van der Waals surface area (Å²) in [6, 6.07) is 15.2. The molecule has 224 valence electrons. The van der Waals surface area contributed by atoms with E-state index < -0.39 is 5.97 Å². The first-order valence-corrected chi connectivity index (χ1v) is 16.1. The smallest absolute Gasteiger partial charge is 0.335 e. The molecule has 0 saturated heterocycles. The number of rotatable bonds is 15. The van der Waals surface area contributed by atoms with Crippen molar-refractivity contribution >= 4 is 17.4 Å². The molecule has 0 unspecified atom stereocenters. The van der Waals surface area contributed by atoms with Crippen LogP contribution in [-0.2, 0) is 20.5 Å². The Kier molecular flexibility index (Phi) is 12.7. The van der Waals surface area contributed by atoms with Crippen molar-refractivity contribution in [3.8, 4) is 0 Å². The van der Waals surface area contributed by atoms with E-state index in [1.807, 2.05) is 12.1 Å². The van der Waals surface area contributed by atoms with Gasteiger partial charge in [0.1, 0.15) is 0 Å². The Morgan fingerprint density at radius 2 is 1.29 bits per heavy atom. The van der Waals surface area contributed by atoms with Gasteiger partial charge in [0.25, 0.3) is 5.91 Å². The number of fused-ring (bicyclic) bond motifs is 1.